The molecular formula is C12H14ClFN4O2. The highest BCUT2D eigenvalue weighted by Crippen LogP contribution is 2.26. The molecular weight excluding hydrogens is 287 g/mol. The minimum atomic E-state index is -1.00. The summed E-state index contributed by atoms with van der Waals surface area (Å²) in [4.78, 5) is 14.4. The van der Waals surface area contributed by atoms with Gasteiger partial charge in [0.05, 0.1) is 7.11 Å². The predicted octanol–water partition coefficient (Wildman–Crippen LogP) is 2.98. The van der Waals surface area contributed by atoms with Crippen molar-refractivity contribution >= 4 is 17.6 Å². The average molecular weight is 301 g/mol. The highest BCUT2D eigenvalue weighted by Gasteiger charge is 2.26. The van der Waals surface area contributed by atoms with Gasteiger partial charge in [0.25, 0.3) is 0 Å². The molecule has 1 aromatic carbocycles. The molecule has 108 valence electrons. The van der Waals surface area contributed by atoms with Crippen molar-refractivity contribution in [2.75, 3.05) is 20.2 Å². The number of halogens is 2. The molecule has 1 rings (SSSR count). The SMILES string of the molecule is COC(=O)C(NCCCN=[N+]=[N-])c1c(F)cccc1Cl. The molecule has 0 aliphatic rings. The Balaban J connectivity index is 2.84. The summed E-state index contributed by atoms with van der Waals surface area (Å²) < 4.78 is 18.5. The molecule has 0 aliphatic heterocycles. The number of carbonyl (C=O) groups is 1. The van der Waals surface area contributed by atoms with E-state index in [1.54, 1.807) is 0 Å². The van der Waals surface area contributed by atoms with Crippen LogP contribution in [0.3, 0.4) is 0 Å². The van der Waals surface area contributed by atoms with Crippen molar-refractivity contribution in [2.24, 2.45) is 5.11 Å². The van der Waals surface area contributed by atoms with Crippen molar-refractivity contribution in [3.05, 3.63) is 45.0 Å². The number of benzene rings is 1. The third-order valence-corrected chi connectivity index (χ3v) is 2.90. The maximum Gasteiger partial charge on any atom is 0.327 e. The number of rotatable bonds is 7. The van der Waals surface area contributed by atoms with Gasteiger partial charge in [-0.05, 0) is 30.6 Å². The van der Waals surface area contributed by atoms with Crippen LogP contribution < -0.4 is 5.32 Å². The molecule has 20 heavy (non-hydrogen) atoms. The minimum absolute atomic E-state index is 0.0461. The lowest BCUT2D eigenvalue weighted by atomic mass is 10.1. The smallest absolute Gasteiger partial charge is 0.327 e. The summed E-state index contributed by atoms with van der Waals surface area (Å²) in [6.45, 7) is 0.631. The van der Waals surface area contributed by atoms with Crippen molar-refractivity contribution in [3.63, 3.8) is 0 Å². The monoisotopic (exact) mass is 300 g/mol. The van der Waals surface area contributed by atoms with E-state index in [0.29, 0.717) is 13.0 Å². The van der Waals surface area contributed by atoms with E-state index in [2.05, 4.69) is 20.1 Å². The molecule has 0 saturated carbocycles. The summed E-state index contributed by atoms with van der Waals surface area (Å²) in [5.41, 5.74) is 8.19. The van der Waals surface area contributed by atoms with Crippen molar-refractivity contribution in [1.82, 2.24) is 5.32 Å². The number of ether oxygens (including phenoxy) is 1. The van der Waals surface area contributed by atoms with Crippen molar-refractivity contribution in [1.29, 1.82) is 0 Å². The van der Waals surface area contributed by atoms with E-state index < -0.39 is 17.8 Å². The number of hydrogen-bond acceptors (Lipinski definition) is 4. The molecule has 0 spiro atoms. The van der Waals surface area contributed by atoms with Crippen LogP contribution in [0.4, 0.5) is 4.39 Å². The zero-order valence-electron chi connectivity index (χ0n) is 10.8. The largest absolute Gasteiger partial charge is 0.468 e. The van der Waals surface area contributed by atoms with Crippen LogP contribution in [0.1, 0.15) is 18.0 Å². The maximum atomic E-state index is 13.8. The molecule has 0 bridgehead atoms. The normalized spacial score (nSPS) is 11.6. The van der Waals surface area contributed by atoms with Crippen LogP contribution in [0.5, 0.6) is 0 Å². The quantitative estimate of drug-likeness (QED) is 0.276. The Labute approximate surface area is 120 Å². The Morgan fingerprint density at radius 1 is 1.65 bits per heavy atom. The van der Waals surface area contributed by atoms with Crippen LogP contribution in [-0.4, -0.2) is 26.2 Å². The number of nitrogens with one attached hydrogen (secondary N) is 1. The lowest BCUT2D eigenvalue weighted by molar-refractivity contribution is -0.143. The molecule has 0 heterocycles. The van der Waals surface area contributed by atoms with Gasteiger partial charge in [-0.3, -0.25) is 0 Å². The van der Waals surface area contributed by atoms with Crippen LogP contribution in [0.15, 0.2) is 23.3 Å². The minimum Gasteiger partial charge on any atom is -0.468 e. The van der Waals surface area contributed by atoms with Gasteiger partial charge in [-0.25, -0.2) is 9.18 Å². The fraction of sp³-hybridized carbons (Fsp3) is 0.417. The van der Waals surface area contributed by atoms with E-state index in [1.807, 2.05) is 0 Å². The number of nitrogens with zero attached hydrogens (tertiary/aromatic N) is 3. The maximum absolute atomic E-state index is 13.8. The highest BCUT2D eigenvalue weighted by molar-refractivity contribution is 6.31. The molecule has 0 saturated heterocycles. The number of esters is 1. The summed E-state index contributed by atoms with van der Waals surface area (Å²) in [7, 11) is 1.21. The highest BCUT2D eigenvalue weighted by atomic mass is 35.5. The fourth-order valence-corrected chi connectivity index (χ4v) is 1.92. The number of methoxy groups -OCH3 is 1. The van der Waals surface area contributed by atoms with Gasteiger partial charge in [0, 0.05) is 22.0 Å². The van der Waals surface area contributed by atoms with E-state index in [4.69, 9.17) is 17.1 Å². The molecule has 0 radical (unpaired) electrons. The zero-order chi connectivity index (χ0) is 15.0. The first-order chi connectivity index (χ1) is 9.61. The molecule has 0 aliphatic carbocycles. The molecule has 1 atom stereocenters. The Hall–Kier alpha value is -1.82. The molecule has 1 unspecified atom stereocenters. The van der Waals surface area contributed by atoms with Gasteiger partial charge in [0.15, 0.2) is 0 Å². The zero-order valence-corrected chi connectivity index (χ0v) is 11.6. The van der Waals surface area contributed by atoms with Gasteiger partial charge in [-0.1, -0.05) is 22.8 Å². The Kier molecular flexibility index (Phi) is 6.79. The fourth-order valence-electron chi connectivity index (χ4n) is 1.65. The summed E-state index contributed by atoms with van der Waals surface area (Å²) >= 11 is 5.93. The van der Waals surface area contributed by atoms with E-state index >= 15 is 0 Å². The number of carbonyl (C=O) groups excluding carboxylic acids is 1. The third kappa shape index (κ3) is 4.38. The molecule has 1 N–H and O–H groups in total. The average Bonchev–Trinajstić information content (AvgIpc) is 2.44. The lowest BCUT2D eigenvalue weighted by Gasteiger charge is -2.18. The number of hydrogen-bond donors (Lipinski definition) is 1. The first-order valence-corrected chi connectivity index (χ1v) is 6.25. The first-order valence-electron chi connectivity index (χ1n) is 5.87. The second-order valence-corrected chi connectivity index (χ2v) is 4.26. The number of azide groups is 1. The van der Waals surface area contributed by atoms with Gasteiger partial charge >= 0.3 is 5.97 Å². The van der Waals surface area contributed by atoms with E-state index in [0.717, 1.165) is 0 Å². The van der Waals surface area contributed by atoms with Gasteiger partial charge in [-0.2, -0.15) is 0 Å². The first kappa shape index (κ1) is 16.2. The van der Waals surface area contributed by atoms with Crippen LogP contribution in [0.25, 0.3) is 10.4 Å². The van der Waals surface area contributed by atoms with Crippen LogP contribution >= 0.6 is 11.6 Å². The second-order valence-electron chi connectivity index (χ2n) is 3.85. The van der Waals surface area contributed by atoms with Crippen molar-refractivity contribution in [3.8, 4) is 0 Å². The van der Waals surface area contributed by atoms with Gasteiger partial charge in [0.2, 0.25) is 0 Å². The summed E-state index contributed by atoms with van der Waals surface area (Å²) in [6, 6.07) is 3.17. The van der Waals surface area contributed by atoms with E-state index in [-0.39, 0.29) is 17.1 Å². The van der Waals surface area contributed by atoms with E-state index in [1.165, 1.54) is 25.3 Å². The van der Waals surface area contributed by atoms with Gasteiger partial charge in [0.1, 0.15) is 11.9 Å². The molecule has 0 amide bonds. The summed E-state index contributed by atoms with van der Waals surface area (Å²) in [6.07, 6.45) is 0.504. The Morgan fingerprint density at radius 3 is 3.00 bits per heavy atom. The van der Waals surface area contributed by atoms with Gasteiger partial charge in [-0.15, -0.1) is 0 Å². The van der Waals surface area contributed by atoms with Crippen LogP contribution in [0, 0.1) is 5.82 Å². The summed E-state index contributed by atoms with van der Waals surface area (Å²) in [5.74, 6) is -1.23. The molecule has 1 aromatic rings. The second kappa shape index (κ2) is 8.37. The molecule has 6 nitrogen and oxygen atoms in total. The van der Waals surface area contributed by atoms with Crippen molar-refractivity contribution in [2.45, 2.75) is 12.5 Å². The third-order valence-electron chi connectivity index (χ3n) is 2.57. The predicted molar refractivity (Wildman–Crippen MR) is 72.8 cm³/mol. The van der Waals surface area contributed by atoms with E-state index in [9.17, 15) is 9.18 Å². The van der Waals surface area contributed by atoms with Crippen LogP contribution in [0.2, 0.25) is 5.02 Å². The Bertz CT molecular complexity index is 500. The lowest BCUT2D eigenvalue weighted by Crippen LogP contribution is -2.31. The molecule has 0 fully saturated rings. The Morgan fingerprint density at radius 2 is 2.40 bits per heavy atom. The molecule has 0 aromatic heterocycles. The molecule has 8 heteroatoms. The van der Waals surface area contributed by atoms with Crippen molar-refractivity contribution < 1.29 is 13.9 Å². The van der Waals surface area contributed by atoms with Gasteiger partial charge < -0.3 is 10.1 Å². The van der Waals surface area contributed by atoms with Crippen LogP contribution in [-0.2, 0) is 9.53 Å². The standard InChI is InChI=1S/C12H14ClFN4O2/c1-20-12(19)11(16-6-3-7-17-18-15)10-8(13)4-2-5-9(10)14/h2,4-5,11,16H,3,6-7H2,1H3. The summed E-state index contributed by atoms with van der Waals surface area (Å²) in [5, 5.41) is 6.35. The topological polar surface area (TPSA) is 87.1 Å².